The zero-order valence-corrected chi connectivity index (χ0v) is 8.53. The maximum atomic E-state index is 10.4. The van der Waals surface area contributed by atoms with Crippen molar-refractivity contribution in [3.8, 4) is 0 Å². The Kier molecular flexibility index (Phi) is 3.93. The molecule has 0 saturated heterocycles. The minimum absolute atomic E-state index is 0.140. The first-order chi connectivity index (χ1) is 7.09. The summed E-state index contributed by atoms with van der Waals surface area (Å²) >= 11 is 0. The Morgan fingerprint density at radius 3 is 3.00 bits per heavy atom. The number of nitrogens with one attached hydrogen (secondary N) is 1. The molecule has 0 fully saturated rings. The Balaban J connectivity index is 2.38. The van der Waals surface area contributed by atoms with E-state index in [1.165, 1.54) is 0 Å². The van der Waals surface area contributed by atoms with Crippen molar-refractivity contribution >= 4 is 5.97 Å². The maximum Gasteiger partial charge on any atom is 0.332 e. The normalized spacial score (nSPS) is 9.93. The molecule has 15 heavy (non-hydrogen) atoms. The average molecular weight is 207 g/mol. The highest BCUT2D eigenvalue weighted by molar-refractivity contribution is 5.86. The molecule has 0 aliphatic carbocycles. The highest BCUT2D eigenvalue weighted by Gasteiger charge is 2.02. The van der Waals surface area contributed by atoms with Gasteiger partial charge in [-0.1, -0.05) is 6.58 Å². The number of nitrogens with zero attached hydrogens (tertiary/aromatic N) is 2. The summed E-state index contributed by atoms with van der Waals surface area (Å²) in [5, 5.41) is 11.5. The van der Waals surface area contributed by atoms with E-state index in [0.717, 1.165) is 5.69 Å². The molecule has 0 amide bonds. The van der Waals surface area contributed by atoms with Crippen molar-refractivity contribution in [3.05, 3.63) is 35.9 Å². The van der Waals surface area contributed by atoms with Gasteiger partial charge in [0, 0.05) is 24.9 Å². The smallest absolute Gasteiger partial charge is 0.332 e. The molecule has 0 saturated carbocycles. The number of hydrogen-bond donors (Lipinski definition) is 2. The van der Waals surface area contributed by atoms with Crippen LogP contribution >= 0.6 is 0 Å². The molecule has 0 aliphatic heterocycles. The molecule has 2 N–H and O–H groups in total. The molecule has 0 spiro atoms. The number of rotatable bonds is 5. The van der Waals surface area contributed by atoms with Gasteiger partial charge in [0.05, 0.1) is 5.69 Å². The van der Waals surface area contributed by atoms with Crippen LogP contribution in [0.3, 0.4) is 0 Å². The summed E-state index contributed by atoms with van der Waals surface area (Å²) in [5.74, 6) is -0.285. The van der Waals surface area contributed by atoms with Crippen LogP contribution in [0.5, 0.6) is 0 Å². The summed E-state index contributed by atoms with van der Waals surface area (Å²) in [4.78, 5) is 18.6. The average Bonchev–Trinajstić information content (AvgIpc) is 2.17. The largest absolute Gasteiger partial charge is 0.478 e. The predicted molar refractivity (Wildman–Crippen MR) is 55.3 cm³/mol. The minimum atomic E-state index is -0.985. The van der Waals surface area contributed by atoms with Gasteiger partial charge in [-0.2, -0.15) is 0 Å². The molecule has 0 atom stereocenters. The van der Waals surface area contributed by atoms with Gasteiger partial charge in [0.1, 0.15) is 5.82 Å². The molecular formula is C10H13N3O2. The van der Waals surface area contributed by atoms with Crippen molar-refractivity contribution in [1.82, 2.24) is 15.3 Å². The number of carboxylic acids is 1. The zero-order valence-electron chi connectivity index (χ0n) is 8.53. The monoisotopic (exact) mass is 207 g/mol. The van der Waals surface area contributed by atoms with Crippen LogP contribution in [-0.2, 0) is 11.3 Å². The number of hydrogen-bond acceptors (Lipinski definition) is 4. The summed E-state index contributed by atoms with van der Waals surface area (Å²) in [6, 6.07) is 1.78. The standard InChI is InChI=1S/C10H13N3O2/c1-7(10(14)15)5-11-6-9-3-4-12-8(2)13-9/h3-4,11H,1,5-6H2,2H3,(H,14,15). The third-order valence-electron chi connectivity index (χ3n) is 1.78. The Hall–Kier alpha value is -1.75. The van der Waals surface area contributed by atoms with E-state index in [1.54, 1.807) is 19.2 Å². The lowest BCUT2D eigenvalue weighted by molar-refractivity contribution is -0.132. The van der Waals surface area contributed by atoms with E-state index in [2.05, 4.69) is 21.9 Å². The first-order valence-corrected chi connectivity index (χ1v) is 4.50. The lowest BCUT2D eigenvalue weighted by Gasteiger charge is -2.04. The molecule has 0 aromatic carbocycles. The zero-order chi connectivity index (χ0) is 11.3. The van der Waals surface area contributed by atoms with E-state index in [-0.39, 0.29) is 12.1 Å². The Morgan fingerprint density at radius 1 is 1.67 bits per heavy atom. The summed E-state index contributed by atoms with van der Waals surface area (Å²) in [5.41, 5.74) is 0.974. The lowest BCUT2D eigenvalue weighted by Crippen LogP contribution is -2.20. The van der Waals surface area contributed by atoms with Crippen molar-refractivity contribution in [3.63, 3.8) is 0 Å². The van der Waals surface area contributed by atoms with Crippen LogP contribution in [0.2, 0.25) is 0 Å². The van der Waals surface area contributed by atoms with Gasteiger partial charge >= 0.3 is 5.97 Å². The molecule has 80 valence electrons. The molecule has 1 heterocycles. The fraction of sp³-hybridized carbons (Fsp3) is 0.300. The van der Waals surface area contributed by atoms with Crippen LogP contribution in [0.4, 0.5) is 0 Å². The molecule has 1 rings (SSSR count). The molecule has 0 bridgehead atoms. The summed E-state index contributed by atoms with van der Waals surface area (Å²) in [7, 11) is 0. The van der Waals surface area contributed by atoms with Crippen LogP contribution < -0.4 is 5.32 Å². The van der Waals surface area contributed by atoms with Crippen LogP contribution in [-0.4, -0.2) is 27.6 Å². The number of aliphatic carboxylic acids is 1. The molecule has 0 aliphatic rings. The quantitative estimate of drug-likeness (QED) is 0.688. The molecular weight excluding hydrogens is 194 g/mol. The van der Waals surface area contributed by atoms with E-state index in [0.29, 0.717) is 12.4 Å². The van der Waals surface area contributed by atoms with Crippen molar-refractivity contribution in [2.75, 3.05) is 6.54 Å². The van der Waals surface area contributed by atoms with Crippen molar-refractivity contribution < 1.29 is 9.90 Å². The van der Waals surface area contributed by atoms with Crippen LogP contribution in [0.1, 0.15) is 11.5 Å². The van der Waals surface area contributed by atoms with Crippen LogP contribution in [0, 0.1) is 6.92 Å². The number of aryl methyl sites for hydroxylation is 1. The lowest BCUT2D eigenvalue weighted by atomic mass is 10.3. The van der Waals surface area contributed by atoms with Gasteiger partial charge in [-0.15, -0.1) is 0 Å². The van der Waals surface area contributed by atoms with Crippen LogP contribution in [0.15, 0.2) is 24.4 Å². The molecule has 5 heteroatoms. The Labute approximate surface area is 87.9 Å². The van der Waals surface area contributed by atoms with E-state index in [1.807, 2.05) is 0 Å². The number of carbonyl (C=O) groups is 1. The van der Waals surface area contributed by atoms with Gasteiger partial charge in [0.25, 0.3) is 0 Å². The SMILES string of the molecule is C=C(CNCc1ccnc(C)n1)C(=O)O. The molecule has 1 aromatic heterocycles. The molecule has 0 radical (unpaired) electrons. The van der Waals surface area contributed by atoms with Gasteiger partial charge in [-0.3, -0.25) is 0 Å². The Morgan fingerprint density at radius 2 is 2.40 bits per heavy atom. The van der Waals surface area contributed by atoms with Crippen molar-refractivity contribution in [2.24, 2.45) is 0 Å². The Bertz CT molecular complexity index is 377. The fourth-order valence-corrected chi connectivity index (χ4v) is 1.02. The highest BCUT2D eigenvalue weighted by Crippen LogP contribution is 1.94. The molecule has 1 aromatic rings. The van der Waals surface area contributed by atoms with Gasteiger partial charge in [-0.25, -0.2) is 14.8 Å². The summed E-state index contributed by atoms with van der Waals surface area (Å²) in [6.45, 7) is 5.97. The van der Waals surface area contributed by atoms with E-state index in [9.17, 15) is 4.79 Å². The summed E-state index contributed by atoms with van der Waals surface area (Å²) in [6.07, 6.45) is 1.67. The highest BCUT2D eigenvalue weighted by atomic mass is 16.4. The first kappa shape index (κ1) is 11.3. The van der Waals surface area contributed by atoms with Gasteiger partial charge in [0.15, 0.2) is 0 Å². The third-order valence-corrected chi connectivity index (χ3v) is 1.78. The first-order valence-electron chi connectivity index (χ1n) is 4.50. The van der Waals surface area contributed by atoms with Crippen LogP contribution in [0.25, 0.3) is 0 Å². The van der Waals surface area contributed by atoms with E-state index >= 15 is 0 Å². The molecule has 0 unspecified atom stereocenters. The fourth-order valence-electron chi connectivity index (χ4n) is 1.02. The predicted octanol–water partition coefficient (Wildman–Crippen LogP) is 0.515. The summed E-state index contributed by atoms with van der Waals surface area (Å²) < 4.78 is 0. The topological polar surface area (TPSA) is 75.1 Å². The second-order valence-corrected chi connectivity index (χ2v) is 3.11. The maximum absolute atomic E-state index is 10.4. The van der Waals surface area contributed by atoms with E-state index in [4.69, 9.17) is 5.11 Å². The van der Waals surface area contributed by atoms with E-state index < -0.39 is 5.97 Å². The number of aromatic nitrogens is 2. The second kappa shape index (κ2) is 5.21. The van der Waals surface area contributed by atoms with Crippen molar-refractivity contribution in [1.29, 1.82) is 0 Å². The minimum Gasteiger partial charge on any atom is -0.478 e. The second-order valence-electron chi connectivity index (χ2n) is 3.11. The van der Waals surface area contributed by atoms with Gasteiger partial charge < -0.3 is 10.4 Å². The molecule has 5 nitrogen and oxygen atoms in total. The van der Waals surface area contributed by atoms with Gasteiger partial charge in [0.2, 0.25) is 0 Å². The third kappa shape index (κ3) is 3.86. The number of carboxylic acid groups (broad SMARTS) is 1. The van der Waals surface area contributed by atoms with Gasteiger partial charge in [-0.05, 0) is 13.0 Å². The van der Waals surface area contributed by atoms with Crippen molar-refractivity contribution in [2.45, 2.75) is 13.5 Å².